The molecule has 0 fully saturated rings. The second kappa shape index (κ2) is 12.4. The van der Waals surface area contributed by atoms with Gasteiger partial charge in [0.05, 0.1) is 24.6 Å². The van der Waals surface area contributed by atoms with Crippen molar-refractivity contribution >= 4 is 7.26 Å². The predicted molar refractivity (Wildman–Crippen MR) is 76.8 cm³/mol. The maximum Gasteiger partial charge on any atom is 0.0594 e. The van der Waals surface area contributed by atoms with Crippen molar-refractivity contribution in [3.63, 3.8) is 0 Å². The fourth-order valence-corrected chi connectivity index (χ4v) is 6.87. The molecule has 0 N–H and O–H groups in total. The summed E-state index contributed by atoms with van der Waals surface area (Å²) in [5.74, 6) is 0. The minimum absolute atomic E-state index is 0. The smallest absolute Gasteiger partial charge is 0.0594 e. The van der Waals surface area contributed by atoms with E-state index in [2.05, 4.69) is 27.7 Å². The molecule has 0 aromatic carbocycles. The SMILES string of the molecule is CCCC[P+](CC)(CCCC)CCCC.[Br-]. The van der Waals surface area contributed by atoms with Crippen molar-refractivity contribution in [1.29, 1.82) is 0 Å². The van der Waals surface area contributed by atoms with Crippen LogP contribution in [0.4, 0.5) is 0 Å². The third kappa shape index (κ3) is 8.07. The lowest BCUT2D eigenvalue weighted by Crippen LogP contribution is -3.00. The molecule has 16 heavy (non-hydrogen) atoms. The Morgan fingerprint density at radius 2 is 0.938 bits per heavy atom. The van der Waals surface area contributed by atoms with Gasteiger partial charge in [0.1, 0.15) is 0 Å². The van der Waals surface area contributed by atoms with Crippen molar-refractivity contribution in [1.82, 2.24) is 0 Å². The normalized spacial score (nSPS) is 11.2. The summed E-state index contributed by atoms with van der Waals surface area (Å²) in [6, 6.07) is 0. The number of unbranched alkanes of at least 4 members (excludes halogenated alkanes) is 3. The summed E-state index contributed by atoms with van der Waals surface area (Å²) in [6.45, 7) is 9.46. The standard InChI is InChI=1S/C14H32P.BrH/c1-5-9-12-15(8-4,13-10-6-2)14-11-7-3;/h5-14H2,1-4H3;1H/q+1;/p-1. The highest BCUT2D eigenvalue weighted by molar-refractivity contribution is 7.75. The van der Waals surface area contributed by atoms with Crippen molar-refractivity contribution in [3.05, 3.63) is 0 Å². The molecule has 0 amide bonds. The van der Waals surface area contributed by atoms with Gasteiger partial charge in [-0.05, 0) is 26.2 Å². The first-order valence-electron chi connectivity index (χ1n) is 7.09. The quantitative estimate of drug-likeness (QED) is 0.544. The third-order valence-corrected chi connectivity index (χ3v) is 8.77. The predicted octanol–water partition coefficient (Wildman–Crippen LogP) is 2.43. The highest BCUT2D eigenvalue weighted by Crippen LogP contribution is 2.60. The summed E-state index contributed by atoms with van der Waals surface area (Å²) in [5, 5.41) is 0. The fourth-order valence-electron chi connectivity index (χ4n) is 2.29. The van der Waals surface area contributed by atoms with Crippen molar-refractivity contribution in [3.8, 4) is 0 Å². The molecule has 0 aliphatic rings. The zero-order valence-electron chi connectivity index (χ0n) is 11.9. The zero-order valence-corrected chi connectivity index (χ0v) is 14.4. The van der Waals surface area contributed by atoms with Crippen LogP contribution in [0.25, 0.3) is 0 Å². The lowest BCUT2D eigenvalue weighted by Gasteiger charge is -2.26. The van der Waals surface area contributed by atoms with Gasteiger partial charge in [-0.1, -0.05) is 40.0 Å². The van der Waals surface area contributed by atoms with E-state index in [1.807, 2.05) is 0 Å². The molecule has 0 spiro atoms. The van der Waals surface area contributed by atoms with Gasteiger partial charge in [0.15, 0.2) is 0 Å². The van der Waals surface area contributed by atoms with E-state index >= 15 is 0 Å². The molecule has 0 aromatic heterocycles. The molecule has 0 unspecified atom stereocenters. The molecule has 0 rings (SSSR count). The molecule has 0 bridgehead atoms. The summed E-state index contributed by atoms with van der Waals surface area (Å²) in [4.78, 5) is 0. The molecule has 0 saturated carbocycles. The molecule has 0 aliphatic carbocycles. The van der Waals surface area contributed by atoms with E-state index in [9.17, 15) is 0 Å². The molecule has 100 valence electrons. The molecule has 0 nitrogen and oxygen atoms in total. The number of rotatable bonds is 10. The van der Waals surface area contributed by atoms with Crippen LogP contribution in [-0.2, 0) is 0 Å². The Morgan fingerprint density at radius 1 is 0.625 bits per heavy atom. The molecule has 0 radical (unpaired) electrons. The van der Waals surface area contributed by atoms with Crippen LogP contribution in [0.1, 0.15) is 66.2 Å². The topological polar surface area (TPSA) is 0 Å². The van der Waals surface area contributed by atoms with Crippen LogP contribution >= 0.6 is 7.26 Å². The first kappa shape index (κ1) is 19.3. The minimum atomic E-state index is -0.527. The van der Waals surface area contributed by atoms with Gasteiger partial charge in [-0.3, -0.25) is 0 Å². The summed E-state index contributed by atoms with van der Waals surface area (Å²) in [7, 11) is -0.527. The van der Waals surface area contributed by atoms with Crippen LogP contribution in [0.15, 0.2) is 0 Å². The third-order valence-electron chi connectivity index (χ3n) is 3.63. The van der Waals surface area contributed by atoms with Crippen LogP contribution in [-0.4, -0.2) is 24.6 Å². The molecule has 0 heterocycles. The van der Waals surface area contributed by atoms with E-state index < -0.39 is 7.26 Å². The monoisotopic (exact) mass is 310 g/mol. The zero-order chi connectivity index (χ0) is 11.6. The first-order chi connectivity index (χ1) is 7.24. The molecule has 0 atom stereocenters. The molecule has 0 saturated heterocycles. The van der Waals surface area contributed by atoms with Crippen molar-refractivity contribution in [2.75, 3.05) is 24.6 Å². The van der Waals surface area contributed by atoms with Gasteiger partial charge < -0.3 is 17.0 Å². The number of hydrogen-bond acceptors (Lipinski definition) is 0. The van der Waals surface area contributed by atoms with Crippen molar-refractivity contribution in [2.45, 2.75) is 66.2 Å². The molecular weight excluding hydrogens is 279 g/mol. The maximum atomic E-state index is 2.45. The van der Waals surface area contributed by atoms with Crippen LogP contribution in [0.5, 0.6) is 0 Å². The Labute approximate surface area is 115 Å². The second-order valence-corrected chi connectivity index (χ2v) is 9.55. The largest absolute Gasteiger partial charge is 1.00 e. The average molecular weight is 311 g/mol. The molecule has 2 heteroatoms. The van der Waals surface area contributed by atoms with E-state index in [1.54, 1.807) is 18.5 Å². The summed E-state index contributed by atoms with van der Waals surface area (Å²) in [5.41, 5.74) is 0. The Balaban J connectivity index is 0. The lowest BCUT2D eigenvalue weighted by molar-refractivity contribution is -0.00000357. The van der Waals surface area contributed by atoms with Crippen LogP contribution in [0, 0.1) is 0 Å². The van der Waals surface area contributed by atoms with E-state index in [0.717, 1.165) is 0 Å². The molecule has 0 aliphatic heterocycles. The van der Waals surface area contributed by atoms with Gasteiger partial charge in [0.25, 0.3) is 0 Å². The van der Waals surface area contributed by atoms with Crippen LogP contribution < -0.4 is 17.0 Å². The van der Waals surface area contributed by atoms with Gasteiger partial charge in [-0.25, -0.2) is 0 Å². The number of halogens is 1. The van der Waals surface area contributed by atoms with E-state index in [-0.39, 0.29) is 17.0 Å². The van der Waals surface area contributed by atoms with Crippen molar-refractivity contribution < 1.29 is 17.0 Å². The van der Waals surface area contributed by atoms with Crippen LogP contribution in [0.3, 0.4) is 0 Å². The summed E-state index contributed by atoms with van der Waals surface area (Å²) < 4.78 is 0. The average Bonchev–Trinajstić information content (AvgIpc) is 2.29. The van der Waals surface area contributed by atoms with Gasteiger partial charge >= 0.3 is 0 Å². The Morgan fingerprint density at radius 3 is 1.12 bits per heavy atom. The molecular formula is C14H32BrP. The lowest BCUT2D eigenvalue weighted by atomic mass is 10.4. The highest BCUT2D eigenvalue weighted by atomic mass is 79.9. The van der Waals surface area contributed by atoms with Gasteiger partial charge in [0.2, 0.25) is 0 Å². The fraction of sp³-hybridized carbons (Fsp3) is 1.00. The van der Waals surface area contributed by atoms with E-state index in [0.29, 0.717) is 0 Å². The first-order valence-corrected chi connectivity index (χ1v) is 9.62. The summed E-state index contributed by atoms with van der Waals surface area (Å²) in [6.07, 6.45) is 14.9. The van der Waals surface area contributed by atoms with Gasteiger partial charge in [-0.2, -0.15) is 0 Å². The second-order valence-electron chi connectivity index (χ2n) is 4.89. The Bertz CT molecular complexity index is 115. The number of hydrogen-bond donors (Lipinski definition) is 0. The van der Waals surface area contributed by atoms with Crippen molar-refractivity contribution in [2.24, 2.45) is 0 Å². The minimum Gasteiger partial charge on any atom is -1.00 e. The van der Waals surface area contributed by atoms with Gasteiger partial charge in [0, 0.05) is 7.26 Å². The van der Waals surface area contributed by atoms with Crippen LogP contribution in [0.2, 0.25) is 0 Å². The maximum absolute atomic E-state index is 2.45. The molecule has 0 aromatic rings. The van der Waals surface area contributed by atoms with E-state index in [4.69, 9.17) is 0 Å². The van der Waals surface area contributed by atoms with E-state index in [1.165, 1.54) is 44.7 Å². The summed E-state index contributed by atoms with van der Waals surface area (Å²) >= 11 is 0. The van der Waals surface area contributed by atoms with Gasteiger partial charge in [-0.15, -0.1) is 0 Å². The Hall–Kier alpha value is 0.910. The highest BCUT2D eigenvalue weighted by Gasteiger charge is 2.32. The Kier molecular flexibility index (Phi) is 14.9.